The first-order valence-corrected chi connectivity index (χ1v) is 16.8. The summed E-state index contributed by atoms with van der Waals surface area (Å²) in [5, 5.41) is 3.73. The third-order valence-corrected chi connectivity index (χ3v) is 8.83. The zero-order chi connectivity index (χ0) is 35.1. The van der Waals surface area contributed by atoms with Crippen molar-refractivity contribution in [1.29, 1.82) is 0 Å². The fraction of sp³-hybridized carbons (Fsp3) is 0. The van der Waals surface area contributed by atoms with Crippen molar-refractivity contribution in [2.24, 2.45) is 0 Å². The van der Waals surface area contributed by atoms with Gasteiger partial charge in [-0.3, -0.25) is 9.97 Å². The third-order valence-electron chi connectivity index (χ3n) is 8.83. The Balaban J connectivity index is 0.00000214. The second-order valence-corrected chi connectivity index (χ2v) is 12.1. The van der Waals surface area contributed by atoms with Crippen LogP contribution in [-0.2, 0) is 42.1 Å². The Bertz CT molecular complexity index is 2800. The van der Waals surface area contributed by atoms with Crippen LogP contribution in [0.5, 0.6) is 23.0 Å². The van der Waals surface area contributed by atoms with Crippen LogP contribution in [0.3, 0.4) is 0 Å². The fourth-order valence-electron chi connectivity index (χ4n) is 6.51. The molecular weight excluding hydrogens is 1050 g/mol. The van der Waals surface area contributed by atoms with Crippen molar-refractivity contribution in [1.82, 2.24) is 34.5 Å². The molecule has 0 saturated heterocycles. The molecule has 9 nitrogen and oxygen atoms in total. The van der Waals surface area contributed by atoms with E-state index in [2.05, 4.69) is 54.2 Å². The molecule has 0 aliphatic heterocycles. The van der Waals surface area contributed by atoms with E-state index in [1.807, 2.05) is 102 Å². The number of aromatic nitrogens is 7. The van der Waals surface area contributed by atoms with Gasteiger partial charge in [0, 0.05) is 60.2 Å². The molecular formula is C44H23N7O2Pt2. The van der Waals surface area contributed by atoms with E-state index in [1.54, 1.807) is 43.2 Å². The number of ether oxygens (including phenoxy) is 2. The Hall–Kier alpha value is -6.14. The molecule has 55 heavy (non-hydrogen) atoms. The zero-order valence-corrected chi connectivity index (χ0v) is 32.9. The molecule has 6 aromatic heterocycles. The van der Waals surface area contributed by atoms with Crippen LogP contribution in [0.25, 0.3) is 72.1 Å². The van der Waals surface area contributed by atoms with Gasteiger partial charge in [0.05, 0.1) is 11.0 Å². The molecule has 11 heteroatoms. The third kappa shape index (κ3) is 6.78. The van der Waals surface area contributed by atoms with E-state index in [0.29, 0.717) is 28.9 Å². The summed E-state index contributed by atoms with van der Waals surface area (Å²) in [6.07, 6.45) is 10.5. The van der Waals surface area contributed by atoms with Gasteiger partial charge in [-0.1, -0.05) is 35.3 Å². The van der Waals surface area contributed by atoms with Crippen LogP contribution in [0.4, 0.5) is 0 Å². The first kappa shape index (κ1) is 35.9. The maximum Gasteiger partial charge on any atom is 2.00 e. The number of hydrogen-bond donors (Lipinski definition) is 0. The number of pyridine rings is 4. The van der Waals surface area contributed by atoms with Crippen molar-refractivity contribution < 1.29 is 51.6 Å². The van der Waals surface area contributed by atoms with Gasteiger partial charge in [0.15, 0.2) is 0 Å². The van der Waals surface area contributed by atoms with E-state index in [9.17, 15) is 0 Å². The largest absolute Gasteiger partial charge is 2.00 e. The molecule has 6 heterocycles. The number of nitrogens with zero attached hydrogens (tertiary/aromatic N) is 7. The number of hydrogen-bond acceptors (Lipinski definition) is 8. The predicted octanol–water partition coefficient (Wildman–Crippen LogP) is 9.57. The molecule has 10 aromatic rings. The molecule has 0 spiro atoms. The van der Waals surface area contributed by atoms with Gasteiger partial charge in [-0.05, 0) is 52.5 Å². The van der Waals surface area contributed by atoms with Crippen molar-refractivity contribution in [3.05, 3.63) is 165 Å². The van der Waals surface area contributed by atoms with E-state index in [4.69, 9.17) is 9.47 Å². The summed E-state index contributed by atoms with van der Waals surface area (Å²) in [5.41, 5.74) is 6.32. The van der Waals surface area contributed by atoms with Crippen molar-refractivity contribution in [3.63, 3.8) is 0 Å². The van der Waals surface area contributed by atoms with Crippen LogP contribution in [0.15, 0.2) is 140 Å². The minimum atomic E-state index is 0. The minimum Gasteiger partial charge on any atom is -0.503 e. The molecule has 0 atom stereocenters. The first-order chi connectivity index (χ1) is 26.2. The molecule has 0 saturated carbocycles. The Labute approximate surface area is 343 Å². The molecule has 0 radical (unpaired) electrons. The van der Waals surface area contributed by atoms with Crippen LogP contribution < -0.4 is 9.47 Å². The van der Waals surface area contributed by atoms with Gasteiger partial charge >= 0.3 is 42.1 Å². The van der Waals surface area contributed by atoms with Crippen LogP contribution in [0, 0.1) is 24.3 Å². The smallest absolute Gasteiger partial charge is 0.503 e. The van der Waals surface area contributed by atoms with Crippen molar-refractivity contribution >= 4 is 43.6 Å². The van der Waals surface area contributed by atoms with Gasteiger partial charge in [0.2, 0.25) is 5.95 Å². The molecule has 0 N–H and O–H groups in total. The van der Waals surface area contributed by atoms with E-state index >= 15 is 0 Å². The Kier molecular flexibility index (Phi) is 9.98. The number of benzene rings is 4. The predicted molar refractivity (Wildman–Crippen MR) is 202 cm³/mol. The molecule has 0 bridgehead atoms. The van der Waals surface area contributed by atoms with Crippen molar-refractivity contribution in [2.75, 3.05) is 0 Å². The Morgan fingerprint density at radius 1 is 0.382 bits per heavy atom. The van der Waals surface area contributed by atoms with Gasteiger partial charge in [0.1, 0.15) is 0 Å². The maximum absolute atomic E-state index is 6.37. The van der Waals surface area contributed by atoms with Gasteiger partial charge in [-0.25, -0.2) is 9.97 Å². The summed E-state index contributed by atoms with van der Waals surface area (Å²) >= 11 is 0. The van der Waals surface area contributed by atoms with E-state index in [0.717, 1.165) is 66.1 Å². The molecule has 266 valence electrons. The second kappa shape index (κ2) is 15.3. The average molecular weight is 1070 g/mol. The first-order valence-electron chi connectivity index (χ1n) is 16.8. The average Bonchev–Trinajstić information content (AvgIpc) is 3.53. The normalized spacial score (nSPS) is 11.0. The summed E-state index contributed by atoms with van der Waals surface area (Å²) in [5.74, 6) is 2.50. The van der Waals surface area contributed by atoms with Gasteiger partial charge in [0.25, 0.3) is 0 Å². The Morgan fingerprint density at radius 2 is 0.855 bits per heavy atom. The number of rotatable bonds is 7. The summed E-state index contributed by atoms with van der Waals surface area (Å²) in [6, 6.07) is 46.3. The quantitative estimate of drug-likeness (QED) is 0.146. The maximum atomic E-state index is 6.37. The van der Waals surface area contributed by atoms with Gasteiger partial charge < -0.3 is 24.0 Å². The standard InChI is InChI=1S/C44H23N7O2.2Pt/c1-6-28(42-36-10-3-18-45-38(36)16-22-47-42)24-30(8-1)52-32-12-14-34-35-15-13-33(27-41(35)51(40(34)26-32)44-49-20-5-21-50-44)53-31-9-2-7-29(25-31)43-37-11-4-19-46-39(37)17-23-48-43;;/h1-23H;;/q-4;2*+2. The van der Waals surface area contributed by atoms with Crippen molar-refractivity contribution in [3.8, 4) is 51.5 Å². The molecule has 0 unspecified atom stereocenters. The summed E-state index contributed by atoms with van der Waals surface area (Å²) in [7, 11) is 0. The molecule has 0 aliphatic rings. The fourth-order valence-corrected chi connectivity index (χ4v) is 6.51. The van der Waals surface area contributed by atoms with E-state index in [-0.39, 0.29) is 42.1 Å². The van der Waals surface area contributed by atoms with Crippen LogP contribution in [-0.4, -0.2) is 34.5 Å². The van der Waals surface area contributed by atoms with Crippen LogP contribution in [0.1, 0.15) is 0 Å². The number of fused-ring (bicyclic) bond motifs is 5. The second-order valence-electron chi connectivity index (χ2n) is 12.1. The molecule has 0 fully saturated rings. The molecule has 10 rings (SSSR count). The minimum absolute atomic E-state index is 0. The topological polar surface area (TPSA) is 101 Å². The molecule has 0 aliphatic carbocycles. The zero-order valence-electron chi connectivity index (χ0n) is 28.4. The van der Waals surface area contributed by atoms with E-state index < -0.39 is 0 Å². The Morgan fingerprint density at radius 3 is 1.36 bits per heavy atom. The molecule has 4 aromatic carbocycles. The summed E-state index contributed by atoms with van der Waals surface area (Å²) in [6.45, 7) is 0. The molecule has 0 amide bonds. The van der Waals surface area contributed by atoms with Gasteiger partial charge in [-0.15, -0.1) is 71.8 Å². The summed E-state index contributed by atoms with van der Waals surface area (Å²) < 4.78 is 14.6. The monoisotopic (exact) mass is 1070 g/mol. The van der Waals surface area contributed by atoms with Crippen LogP contribution in [0.2, 0.25) is 0 Å². The SMILES string of the molecule is [Pt+2].[Pt+2].[c-]1c(Oc2[c-]c3c(cc2)c2ccc(Oc4[c-]c(-c5nccc6ncccc56)ccc4)[c-]c2n3-c2ncccn2)cccc1-c1nccc2ncccc12. The summed E-state index contributed by atoms with van der Waals surface area (Å²) in [4.78, 5) is 27.4. The van der Waals surface area contributed by atoms with Crippen molar-refractivity contribution in [2.45, 2.75) is 0 Å². The van der Waals surface area contributed by atoms with Crippen LogP contribution >= 0.6 is 0 Å². The van der Waals surface area contributed by atoms with E-state index in [1.165, 1.54) is 0 Å². The van der Waals surface area contributed by atoms with Gasteiger partial charge in [-0.2, -0.15) is 22.9 Å².